The zero-order chi connectivity index (χ0) is 13.8. The fourth-order valence-corrected chi connectivity index (χ4v) is 1.64. The molecule has 0 aromatic heterocycles. The summed E-state index contributed by atoms with van der Waals surface area (Å²) in [4.78, 5) is 12.0. The minimum atomic E-state index is -0.421. The number of para-hydroxylation sites is 1. The predicted molar refractivity (Wildman–Crippen MR) is 73.5 cm³/mol. The van der Waals surface area contributed by atoms with E-state index in [4.69, 9.17) is 10.5 Å². The molecule has 2 aromatic carbocycles. The molecule has 0 fully saturated rings. The summed E-state index contributed by atoms with van der Waals surface area (Å²) in [5.41, 5.74) is 6.85. The van der Waals surface area contributed by atoms with Gasteiger partial charge < -0.3 is 20.9 Å². The summed E-state index contributed by atoms with van der Waals surface area (Å²) in [6.45, 7) is 0. The van der Waals surface area contributed by atoms with Crippen molar-refractivity contribution in [1.29, 1.82) is 0 Å². The van der Waals surface area contributed by atoms with Gasteiger partial charge in [-0.1, -0.05) is 12.1 Å². The van der Waals surface area contributed by atoms with Crippen LogP contribution in [-0.2, 0) is 0 Å². The topological polar surface area (TPSA) is 84.6 Å². The van der Waals surface area contributed by atoms with Crippen LogP contribution in [0.2, 0.25) is 0 Å². The summed E-state index contributed by atoms with van der Waals surface area (Å²) in [5, 5.41) is 12.2. The number of aromatic hydroxyl groups is 1. The molecule has 0 aliphatic carbocycles. The van der Waals surface area contributed by atoms with Crippen LogP contribution in [0, 0.1) is 0 Å². The third kappa shape index (κ3) is 2.77. The van der Waals surface area contributed by atoms with Crippen molar-refractivity contribution in [3.8, 4) is 11.5 Å². The number of carbonyl (C=O) groups excluding carboxylic acids is 1. The molecule has 1 amide bonds. The fourth-order valence-electron chi connectivity index (χ4n) is 1.64. The summed E-state index contributed by atoms with van der Waals surface area (Å²) in [5.74, 6) is 0.111. The number of nitrogen functional groups attached to an aromatic ring is 1. The van der Waals surface area contributed by atoms with Crippen molar-refractivity contribution in [3.63, 3.8) is 0 Å². The Morgan fingerprint density at radius 3 is 2.63 bits per heavy atom. The van der Waals surface area contributed by atoms with Crippen molar-refractivity contribution < 1.29 is 14.6 Å². The van der Waals surface area contributed by atoms with Crippen LogP contribution < -0.4 is 15.8 Å². The van der Waals surface area contributed by atoms with E-state index in [1.807, 2.05) is 0 Å². The van der Waals surface area contributed by atoms with E-state index < -0.39 is 5.91 Å². The molecule has 0 aliphatic rings. The van der Waals surface area contributed by atoms with Crippen LogP contribution in [-0.4, -0.2) is 18.1 Å². The second kappa shape index (κ2) is 5.30. The summed E-state index contributed by atoms with van der Waals surface area (Å²) < 4.78 is 5.03. The maximum atomic E-state index is 12.0. The van der Waals surface area contributed by atoms with Crippen molar-refractivity contribution in [1.82, 2.24) is 0 Å². The fraction of sp³-hybridized carbons (Fsp3) is 0.0714. The second-order valence-electron chi connectivity index (χ2n) is 3.92. The van der Waals surface area contributed by atoms with Gasteiger partial charge in [-0.15, -0.1) is 0 Å². The number of anilines is 2. The molecule has 0 saturated carbocycles. The molecule has 98 valence electrons. The van der Waals surface area contributed by atoms with Gasteiger partial charge in [-0.3, -0.25) is 4.79 Å². The zero-order valence-corrected chi connectivity index (χ0v) is 10.4. The van der Waals surface area contributed by atoms with Crippen molar-refractivity contribution in [3.05, 3.63) is 48.0 Å². The lowest BCUT2D eigenvalue weighted by atomic mass is 10.1. The molecule has 2 aromatic rings. The van der Waals surface area contributed by atoms with E-state index in [-0.39, 0.29) is 11.3 Å². The number of nitrogens with two attached hydrogens (primary N) is 1. The van der Waals surface area contributed by atoms with Gasteiger partial charge in [0, 0.05) is 6.07 Å². The minimum Gasteiger partial charge on any atom is -0.507 e. The monoisotopic (exact) mass is 258 g/mol. The molecule has 0 aliphatic heterocycles. The summed E-state index contributed by atoms with van der Waals surface area (Å²) >= 11 is 0. The van der Waals surface area contributed by atoms with Crippen LogP contribution in [0.5, 0.6) is 11.5 Å². The smallest absolute Gasteiger partial charge is 0.259 e. The molecule has 0 spiro atoms. The van der Waals surface area contributed by atoms with Crippen molar-refractivity contribution >= 4 is 17.3 Å². The first kappa shape index (κ1) is 12.8. The summed E-state index contributed by atoms with van der Waals surface area (Å²) in [6, 6.07) is 11.2. The Balaban J connectivity index is 2.22. The maximum absolute atomic E-state index is 12.0. The number of benzene rings is 2. The van der Waals surface area contributed by atoms with Crippen LogP contribution in [0.25, 0.3) is 0 Å². The Hall–Kier alpha value is -2.69. The van der Waals surface area contributed by atoms with E-state index in [0.717, 1.165) is 0 Å². The molecule has 0 bridgehead atoms. The van der Waals surface area contributed by atoms with E-state index in [9.17, 15) is 9.90 Å². The first-order chi connectivity index (χ1) is 9.11. The number of methoxy groups -OCH3 is 1. The summed E-state index contributed by atoms with van der Waals surface area (Å²) in [6.07, 6.45) is 0. The van der Waals surface area contributed by atoms with Gasteiger partial charge in [0.15, 0.2) is 0 Å². The standard InChI is InChI=1S/C14H14N2O3/c1-19-9-6-7-12(11(15)8-9)16-14(18)10-4-2-3-5-13(10)17/h2-8,17H,15H2,1H3,(H,16,18). The molecule has 0 atom stereocenters. The van der Waals surface area contributed by atoms with Gasteiger partial charge in [-0.05, 0) is 24.3 Å². The number of phenolic OH excluding ortho intramolecular Hbond substituents is 1. The molecule has 0 saturated heterocycles. The Labute approximate surface area is 110 Å². The average Bonchev–Trinajstić information content (AvgIpc) is 2.41. The van der Waals surface area contributed by atoms with Gasteiger partial charge in [0.1, 0.15) is 11.5 Å². The number of phenols is 1. The highest BCUT2D eigenvalue weighted by Crippen LogP contribution is 2.25. The lowest BCUT2D eigenvalue weighted by Crippen LogP contribution is -2.13. The number of carbonyl (C=O) groups is 1. The van der Waals surface area contributed by atoms with Crippen molar-refractivity contribution in [2.45, 2.75) is 0 Å². The van der Waals surface area contributed by atoms with E-state index in [1.54, 1.807) is 30.3 Å². The predicted octanol–water partition coefficient (Wildman–Crippen LogP) is 2.24. The van der Waals surface area contributed by atoms with Gasteiger partial charge in [-0.2, -0.15) is 0 Å². The number of amides is 1. The van der Waals surface area contributed by atoms with Crippen LogP contribution in [0.3, 0.4) is 0 Å². The molecule has 19 heavy (non-hydrogen) atoms. The van der Waals surface area contributed by atoms with Gasteiger partial charge in [0.2, 0.25) is 0 Å². The molecular weight excluding hydrogens is 244 g/mol. The Bertz CT molecular complexity index is 611. The zero-order valence-electron chi connectivity index (χ0n) is 10.4. The number of rotatable bonds is 3. The number of nitrogens with one attached hydrogen (secondary N) is 1. The molecule has 5 heteroatoms. The number of hydrogen-bond acceptors (Lipinski definition) is 4. The molecule has 2 rings (SSSR count). The van der Waals surface area contributed by atoms with Crippen LogP contribution in [0.15, 0.2) is 42.5 Å². The van der Waals surface area contributed by atoms with Crippen LogP contribution in [0.1, 0.15) is 10.4 Å². The highest BCUT2D eigenvalue weighted by molar-refractivity contribution is 6.07. The Morgan fingerprint density at radius 2 is 2.00 bits per heavy atom. The third-order valence-electron chi connectivity index (χ3n) is 2.66. The van der Waals surface area contributed by atoms with Gasteiger partial charge in [-0.25, -0.2) is 0 Å². The lowest BCUT2D eigenvalue weighted by molar-refractivity contribution is 0.102. The average molecular weight is 258 g/mol. The highest BCUT2D eigenvalue weighted by atomic mass is 16.5. The first-order valence-electron chi connectivity index (χ1n) is 5.64. The largest absolute Gasteiger partial charge is 0.507 e. The molecule has 0 heterocycles. The van der Waals surface area contributed by atoms with E-state index in [0.29, 0.717) is 17.1 Å². The maximum Gasteiger partial charge on any atom is 0.259 e. The lowest BCUT2D eigenvalue weighted by Gasteiger charge is -2.10. The molecule has 0 radical (unpaired) electrons. The molecule has 0 unspecified atom stereocenters. The van der Waals surface area contributed by atoms with Gasteiger partial charge in [0.05, 0.1) is 24.0 Å². The second-order valence-corrected chi connectivity index (χ2v) is 3.92. The number of hydrogen-bond donors (Lipinski definition) is 3. The van der Waals surface area contributed by atoms with Crippen molar-refractivity contribution in [2.24, 2.45) is 0 Å². The van der Waals surface area contributed by atoms with Gasteiger partial charge >= 0.3 is 0 Å². The van der Waals surface area contributed by atoms with E-state index in [1.165, 1.54) is 19.2 Å². The molecule has 5 nitrogen and oxygen atoms in total. The van der Waals surface area contributed by atoms with Crippen LogP contribution >= 0.6 is 0 Å². The Kier molecular flexibility index (Phi) is 3.56. The first-order valence-corrected chi connectivity index (χ1v) is 5.64. The van der Waals surface area contributed by atoms with Crippen LogP contribution in [0.4, 0.5) is 11.4 Å². The van der Waals surface area contributed by atoms with Gasteiger partial charge in [0.25, 0.3) is 5.91 Å². The molecular formula is C14H14N2O3. The Morgan fingerprint density at radius 1 is 1.26 bits per heavy atom. The highest BCUT2D eigenvalue weighted by Gasteiger charge is 2.12. The molecule has 4 N–H and O–H groups in total. The van der Waals surface area contributed by atoms with Crippen molar-refractivity contribution in [2.75, 3.05) is 18.2 Å². The van der Waals surface area contributed by atoms with E-state index >= 15 is 0 Å². The van der Waals surface area contributed by atoms with E-state index in [2.05, 4.69) is 5.32 Å². The normalized spacial score (nSPS) is 9.95. The third-order valence-corrected chi connectivity index (χ3v) is 2.66. The summed E-state index contributed by atoms with van der Waals surface area (Å²) in [7, 11) is 1.54. The SMILES string of the molecule is COc1ccc(NC(=O)c2ccccc2O)c(N)c1. The number of ether oxygens (including phenoxy) is 1. The quantitative estimate of drug-likeness (QED) is 0.737. The minimum absolute atomic E-state index is 0.0768.